The Bertz CT molecular complexity index is 474. The number of para-hydroxylation sites is 1. The summed E-state index contributed by atoms with van der Waals surface area (Å²) in [7, 11) is 2.01. The molecular weight excluding hydrogens is 216 g/mol. The molecule has 2 aliphatic rings. The van der Waals surface area contributed by atoms with Crippen molar-refractivity contribution in [3.8, 4) is 0 Å². The van der Waals surface area contributed by atoms with Gasteiger partial charge in [0, 0.05) is 24.2 Å². The van der Waals surface area contributed by atoms with E-state index in [1.165, 1.54) is 0 Å². The molecule has 90 valence electrons. The Morgan fingerprint density at radius 1 is 1.47 bits per heavy atom. The van der Waals surface area contributed by atoms with Gasteiger partial charge in [-0.2, -0.15) is 0 Å². The first kappa shape index (κ1) is 10.7. The molecule has 2 atom stereocenters. The van der Waals surface area contributed by atoms with Crippen LogP contribution in [0.25, 0.3) is 0 Å². The summed E-state index contributed by atoms with van der Waals surface area (Å²) in [5.74, 6) is -0.0290. The lowest BCUT2D eigenvalue weighted by Gasteiger charge is -2.40. The van der Waals surface area contributed by atoms with E-state index in [4.69, 9.17) is 4.74 Å². The van der Waals surface area contributed by atoms with E-state index in [1.54, 1.807) is 0 Å². The Labute approximate surface area is 101 Å². The van der Waals surface area contributed by atoms with Gasteiger partial charge in [-0.05, 0) is 20.0 Å². The van der Waals surface area contributed by atoms with Gasteiger partial charge in [-0.1, -0.05) is 18.2 Å². The maximum atomic E-state index is 12.2. The van der Waals surface area contributed by atoms with Crippen LogP contribution in [0.2, 0.25) is 0 Å². The third-order valence-corrected chi connectivity index (χ3v) is 3.79. The molecule has 0 saturated carbocycles. The van der Waals surface area contributed by atoms with Crippen molar-refractivity contribution < 1.29 is 9.53 Å². The molecule has 0 radical (unpaired) electrons. The minimum Gasteiger partial charge on any atom is -0.342 e. The standard InChI is InChI=1S/C13H16N2O2/c1-9-15(2)8-7-13(17-9)10-5-3-4-6-11(10)14-12(13)16/h3-6,9H,7-8H2,1-2H3,(H,14,16)/t9-,13-/m0/s1. The molecule has 3 rings (SSSR count). The van der Waals surface area contributed by atoms with E-state index in [2.05, 4.69) is 10.2 Å². The van der Waals surface area contributed by atoms with E-state index in [1.807, 2.05) is 38.2 Å². The summed E-state index contributed by atoms with van der Waals surface area (Å²) in [5, 5.41) is 2.91. The molecule has 2 aliphatic heterocycles. The zero-order chi connectivity index (χ0) is 12.0. The second-order valence-electron chi connectivity index (χ2n) is 4.77. The summed E-state index contributed by atoms with van der Waals surface area (Å²) in [5.41, 5.74) is 1.09. The SMILES string of the molecule is C[C@@H]1O[C@]2(CCN1C)C(=O)Nc1ccccc12. The first-order chi connectivity index (χ1) is 8.13. The van der Waals surface area contributed by atoms with Crippen LogP contribution >= 0.6 is 0 Å². The number of amides is 1. The zero-order valence-corrected chi connectivity index (χ0v) is 10.1. The Morgan fingerprint density at radius 2 is 2.24 bits per heavy atom. The topological polar surface area (TPSA) is 41.6 Å². The number of rotatable bonds is 0. The summed E-state index contributed by atoms with van der Waals surface area (Å²) in [6, 6.07) is 7.78. The quantitative estimate of drug-likeness (QED) is 0.737. The van der Waals surface area contributed by atoms with Crippen molar-refractivity contribution in [2.24, 2.45) is 0 Å². The molecule has 0 aliphatic carbocycles. The fourth-order valence-corrected chi connectivity index (χ4v) is 2.61. The number of carbonyl (C=O) groups is 1. The lowest BCUT2D eigenvalue weighted by molar-refractivity contribution is -0.189. The monoisotopic (exact) mass is 232 g/mol. The second-order valence-corrected chi connectivity index (χ2v) is 4.77. The molecule has 0 bridgehead atoms. The van der Waals surface area contributed by atoms with Crippen LogP contribution in [0.4, 0.5) is 5.69 Å². The first-order valence-electron chi connectivity index (χ1n) is 5.92. The predicted octanol–water partition coefficient (Wildman–Crippen LogP) is 1.53. The second kappa shape index (κ2) is 3.55. The van der Waals surface area contributed by atoms with Crippen LogP contribution in [0.5, 0.6) is 0 Å². The molecule has 4 heteroatoms. The normalized spacial score (nSPS) is 32.6. The molecule has 1 spiro atoms. The van der Waals surface area contributed by atoms with Crippen molar-refractivity contribution in [3.05, 3.63) is 29.8 Å². The highest BCUT2D eigenvalue weighted by atomic mass is 16.5. The van der Waals surface area contributed by atoms with E-state index in [-0.39, 0.29) is 12.1 Å². The average Bonchev–Trinajstić information content (AvgIpc) is 2.58. The van der Waals surface area contributed by atoms with Crippen molar-refractivity contribution in [2.75, 3.05) is 18.9 Å². The third kappa shape index (κ3) is 1.41. The number of benzene rings is 1. The number of hydrogen-bond acceptors (Lipinski definition) is 3. The van der Waals surface area contributed by atoms with E-state index in [0.29, 0.717) is 6.42 Å². The van der Waals surface area contributed by atoms with Crippen molar-refractivity contribution in [2.45, 2.75) is 25.2 Å². The summed E-state index contributed by atoms with van der Waals surface area (Å²) in [4.78, 5) is 14.3. The summed E-state index contributed by atoms with van der Waals surface area (Å²) in [6.07, 6.45) is 0.664. The summed E-state index contributed by atoms with van der Waals surface area (Å²) in [6.45, 7) is 2.85. The fourth-order valence-electron chi connectivity index (χ4n) is 2.61. The largest absolute Gasteiger partial charge is 0.342 e. The van der Waals surface area contributed by atoms with Crippen LogP contribution in [-0.2, 0) is 15.1 Å². The van der Waals surface area contributed by atoms with Crippen molar-refractivity contribution in [1.29, 1.82) is 0 Å². The van der Waals surface area contributed by atoms with Crippen molar-refractivity contribution >= 4 is 11.6 Å². The highest BCUT2D eigenvalue weighted by molar-refractivity contribution is 6.05. The van der Waals surface area contributed by atoms with Gasteiger partial charge < -0.3 is 10.1 Å². The number of fused-ring (bicyclic) bond motifs is 2. The van der Waals surface area contributed by atoms with Gasteiger partial charge in [0.05, 0.1) is 0 Å². The summed E-state index contributed by atoms with van der Waals surface area (Å²) >= 11 is 0. The van der Waals surface area contributed by atoms with E-state index in [0.717, 1.165) is 17.8 Å². The zero-order valence-electron chi connectivity index (χ0n) is 10.1. The third-order valence-electron chi connectivity index (χ3n) is 3.79. The van der Waals surface area contributed by atoms with Gasteiger partial charge in [0.15, 0.2) is 5.60 Å². The molecule has 1 aromatic carbocycles. The van der Waals surface area contributed by atoms with Crippen LogP contribution < -0.4 is 5.32 Å². The maximum absolute atomic E-state index is 12.2. The van der Waals surface area contributed by atoms with Crippen LogP contribution in [0, 0.1) is 0 Å². The molecule has 1 aromatic rings. The number of ether oxygens (including phenoxy) is 1. The number of nitrogens with zero attached hydrogens (tertiary/aromatic N) is 1. The van der Waals surface area contributed by atoms with E-state index >= 15 is 0 Å². The van der Waals surface area contributed by atoms with Gasteiger partial charge in [-0.15, -0.1) is 0 Å². The van der Waals surface area contributed by atoms with Gasteiger partial charge in [0.25, 0.3) is 5.91 Å². The van der Waals surface area contributed by atoms with Crippen molar-refractivity contribution in [3.63, 3.8) is 0 Å². The van der Waals surface area contributed by atoms with E-state index < -0.39 is 5.60 Å². The molecule has 1 fully saturated rings. The molecule has 1 amide bonds. The minimum atomic E-state index is -0.775. The molecule has 4 nitrogen and oxygen atoms in total. The van der Waals surface area contributed by atoms with Gasteiger partial charge in [0.1, 0.15) is 6.23 Å². The Morgan fingerprint density at radius 3 is 3.00 bits per heavy atom. The number of carbonyl (C=O) groups excluding carboxylic acids is 1. The van der Waals surface area contributed by atoms with Gasteiger partial charge in [-0.25, -0.2) is 0 Å². The van der Waals surface area contributed by atoms with Gasteiger partial charge in [-0.3, -0.25) is 9.69 Å². The molecular formula is C13H16N2O2. The lowest BCUT2D eigenvalue weighted by atomic mass is 9.90. The van der Waals surface area contributed by atoms with Gasteiger partial charge in [0.2, 0.25) is 0 Å². The molecule has 17 heavy (non-hydrogen) atoms. The number of nitrogens with one attached hydrogen (secondary N) is 1. The van der Waals surface area contributed by atoms with E-state index in [9.17, 15) is 4.79 Å². The predicted molar refractivity (Wildman–Crippen MR) is 64.5 cm³/mol. The summed E-state index contributed by atoms with van der Waals surface area (Å²) < 4.78 is 6.00. The fraction of sp³-hybridized carbons (Fsp3) is 0.462. The Kier molecular flexibility index (Phi) is 2.24. The van der Waals surface area contributed by atoms with Gasteiger partial charge >= 0.3 is 0 Å². The molecule has 0 unspecified atom stereocenters. The van der Waals surface area contributed by atoms with Crippen molar-refractivity contribution in [1.82, 2.24) is 4.90 Å². The van der Waals surface area contributed by atoms with Crippen LogP contribution in [-0.4, -0.2) is 30.6 Å². The van der Waals surface area contributed by atoms with Crippen LogP contribution in [0.3, 0.4) is 0 Å². The molecule has 1 N–H and O–H groups in total. The Hall–Kier alpha value is -1.39. The lowest BCUT2D eigenvalue weighted by Crippen LogP contribution is -2.51. The molecule has 2 heterocycles. The minimum absolute atomic E-state index is 0.0290. The average molecular weight is 232 g/mol. The molecule has 0 aromatic heterocycles. The Balaban J connectivity index is 2.05. The number of anilines is 1. The van der Waals surface area contributed by atoms with Crippen LogP contribution in [0.1, 0.15) is 18.9 Å². The maximum Gasteiger partial charge on any atom is 0.261 e. The smallest absolute Gasteiger partial charge is 0.261 e. The van der Waals surface area contributed by atoms with Crippen LogP contribution in [0.15, 0.2) is 24.3 Å². The first-order valence-corrected chi connectivity index (χ1v) is 5.92. The highest BCUT2D eigenvalue weighted by Gasteiger charge is 2.51. The molecule has 1 saturated heterocycles. The highest BCUT2D eigenvalue weighted by Crippen LogP contribution is 2.44. The number of hydrogen-bond donors (Lipinski definition) is 1.